The first-order valence-electron chi connectivity index (χ1n) is 5.35. The molecule has 90 valence electrons. The Balaban J connectivity index is 1.94. The number of amides is 1. The van der Waals surface area contributed by atoms with Crippen molar-refractivity contribution in [3.8, 4) is 0 Å². The summed E-state index contributed by atoms with van der Waals surface area (Å²) >= 11 is 0. The molecule has 5 nitrogen and oxygen atoms in total. The number of aldehydes is 1. The third-order valence-corrected chi connectivity index (χ3v) is 2.42. The molecule has 1 heterocycles. The fourth-order valence-corrected chi connectivity index (χ4v) is 1.51. The fourth-order valence-electron chi connectivity index (χ4n) is 1.51. The van der Waals surface area contributed by atoms with Crippen molar-refractivity contribution in [3.05, 3.63) is 29.8 Å². The molecule has 1 aromatic rings. The summed E-state index contributed by atoms with van der Waals surface area (Å²) in [6.45, 7) is 1.23. The van der Waals surface area contributed by atoms with Crippen LogP contribution in [0.2, 0.25) is 0 Å². The lowest BCUT2D eigenvalue weighted by Gasteiger charge is -2.22. The van der Waals surface area contributed by atoms with Crippen LogP contribution in [0.25, 0.3) is 0 Å². The highest BCUT2D eigenvalue weighted by Gasteiger charge is 2.22. The van der Waals surface area contributed by atoms with E-state index in [1.165, 1.54) is 0 Å². The van der Waals surface area contributed by atoms with E-state index in [1.54, 1.807) is 24.3 Å². The Morgan fingerprint density at radius 3 is 2.65 bits per heavy atom. The molecule has 1 aliphatic heterocycles. The monoisotopic (exact) mass is 235 g/mol. The van der Waals surface area contributed by atoms with Gasteiger partial charge < -0.3 is 14.8 Å². The number of ether oxygens (including phenoxy) is 2. The summed E-state index contributed by atoms with van der Waals surface area (Å²) in [7, 11) is 0. The molecule has 5 heteroatoms. The summed E-state index contributed by atoms with van der Waals surface area (Å²) < 4.78 is 10.4. The van der Waals surface area contributed by atoms with Crippen LogP contribution in [0.1, 0.15) is 10.4 Å². The van der Waals surface area contributed by atoms with Gasteiger partial charge >= 0.3 is 0 Å². The minimum atomic E-state index is -0.561. The summed E-state index contributed by atoms with van der Waals surface area (Å²) in [6, 6.07) is 6.62. The minimum absolute atomic E-state index is 0.233. The molecule has 17 heavy (non-hydrogen) atoms. The van der Waals surface area contributed by atoms with Gasteiger partial charge in [0, 0.05) is 11.3 Å². The van der Waals surface area contributed by atoms with Crippen LogP contribution >= 0.6 is 0 Å². The highest BCUT2D eigenvalue weighted by molar-refractivity contribution is 5.94. The Hall–Kier alpha value is -1.72. The highest BCUT2D eigenvalue weighted by Crippen LogP contribution is 2.10. The molecule has 0 aliphatic carbocycles. The van der Waals surface area contributed by atoms with Gasteiger partial charge in [-0.05, 0) is 24.3 Å². The van der Waals surface area contributed by atoms with E-state index in [0.717, 1.165) is 6.29 Å². The molecule has 1 N–H and O–H groups in total. The number of hydrogen-bond donors (Lipinski definition) is 1. The Labute approximate surface area is 98.7 Å². The van der Waals surface area contributed by atoms with Gasteiger partial charge in [0.05, 0.1) is 19.8 Å². The number of carbonyl (C=O) groups excluding carboxylic acids is 2. The molecule has 0 spiro atoms. The number of hydrogen-bond acceptors (Lipinski definition) is 4. The first-order valence-corrected chi connectivity index (χ1v) is 5.35. The van der Waals surface area contributed by atoms with Crippen molar-refractivity contribution in [2.24, 2.45) is 0 Å². The first kappa shape index (κ1) is 11.8. The average molecular weight is 235 g/mol. The SMILES string of the molecule is O=Cc1ccc(NC(=O)C2COCCO2)cc1. The summed E-state index contributed by atoms with van der Waals surface area (Å²) in [5.41, 5.74) is 1.20. The van der Waals surface area contributed by atoms with Crippen LogP contribution < -0.4 is 5.32 Å². The van der Waals surface area contributed by atoms with E-state index in [2.05, 4.69) is 5.32 Å². The number of nitrogens with one attached hydrogen (secondary N) is 1. The smallest absolute Gasteiger partial charge is 0.255 e. The molecule has 0 saturated carbocycles. The van der Waals surface area contributed by atoms with E-state index in [1.807, 2.05) is 0 Å². The molecule has 0 bridgehead atoms. The predicted molar refractivity (Wildman–Crippen MR) is 61.0 cm³/mol. The third kappa shape index (κ3) is 3.12. The zero-order chi connectivity index (χ0) is 12.1. The molecule has 1 aromatic carbocycles. The second kappa shape index (κ2) is 5.56. The summed E-state index contributed by atoms with van der Waals surface area (Å²) in [5, 5.41) is 2.70. The highest BCUT2D eigenvalue weighted by atomic mass is 16.6. The molecule has 1 unspecified atom stereocenters. The lowest BCUT2D eigenvalue weighted by atomic mass is 10.2. The normalized spacial score (nSPS) is 19.6. The van der Waals surface area contributed by atoms with Crippen molar-refractivity contribution in [3.63, 3.8) is 0 Å². The van der Waals surface area contributed by atoms with E-state index in [9.17, 15) is 9.59 Å². The quantitative estimate of drug-likeness (QED) is 0.789. The second-order valence-electron chi connectivity index (χ2n) is 3.66. The van der Waals surface area contributed by atoms with Gasteiger partial charge in [0.1, 0.15) is 6.29 Å². The molecule has 1 aliphatic rings. The van der Waals surface area contributed by atoms with Crippen LogP contribution in [0.4, 0.5) is 5.69 Å². The van der Waals surface area contributed by atoms with Crippen LogP contribution in [0.15, 0.2) is 24.3 Å². The number of anilines is 1. The van der Waals surface area contributed by atoms with E-state index in [4.69, 9.17) is 9.47 Å². The fraction of sp³-hybridized carbons (Fsp3) is 0.333. The first-order chi connectivity index (χ1) is 8.29. The number of benzene rings is 1. The van der Waals surface area contributed by atoms with Crippen molar-refractivity contribution in [1.29, 1.82) is 0 Å². The molecule has 0 radical (unpaired) electrons. The van der Waals surface area contributed by atoms with E-state index >= 15 is 0 Å². The van der Waals surface area contributed by atoms with Gasteiger partial charge in [-0.3, -0.25) is 9.59 Å². The topological polar surface area (TPSA) is 64.6 Å². The maximum atomic E-state index is 11.7. The van der Waals surface area contributed by atoms with E-state index < -0.39 is 6.10 Å². The Kier molecular flexibility index (Phi) is 3.85. The maximum Gasteiger partial charge on any atom is 0.255 e. The molecular formula is C12H13NO4. The van der Waals surface area contributed by atoms with E-state index in [-0.39, 0.29) is 12.5 Å². The average Bonchev–Trinajstić information content (AvgIpc) is 2.40. The molecule has 2 rings (SSSR count). The van der Waals surface area contributed by atoms with Crippen LogP contribution in [-0.4, -0.2) is 38.1 Å². The van der Waals surface area contributed by atoms with Crippen molar-refractivity contribution in [1.82, 2.24) is 0 Å². The minimum Gasteiger partial charge on any atom is -0.376 e. The van der Waals surface area contributed by atoms with Gasteiger partial charge in [-0.2, -0.15) is 0 Å². The molecular weight excluding hydrogens is 222 g/mol. The molecule has 1 atom stereocenters. The lowest BCUT2D eigenvalue weighted by molar-refractivity contribution is -0.142. The summed E-state index contributed by atoms with van der Waals surface area (Å²) in [4.78, 5) is 22.2. The standard InChI is InChI=1S/C12H13NO4/c14-7-9-1-3-10(4-2-9)13-12(15)11-8-16-5-6-17-11/h1-4,7,11H,5-6,8H2,(H,13,15). The molecule has 1 amide bonds. The molecule has 0 aromatic heterocycles. The Bertz CT molecular complexity index is 395. The summed E-state index contributed by atoms with van der Waals surface area (Å²) in [5.74, 6) is -0.233. The van der Waals surface area contributed by atoms with Gasteiger partial charge in [-0.25, -0.2) is 0 Å². The van der Waals surface area contributed by atoms with Gasteiger partial charge in [0.2, 0.25) is 0 Å². The zero-order valence-electron chi connectivity index (χ0n) is 9.22. The zero-order valence-corrected chi connectivity index (χ0v) is 9.22. The molecule has 1 fully saturated rings. The third-order valence-electron chi connectivity index (χ3n) is 2.42. The second-order valence-corrected chi connectivity index (χ2v) is 3.66. The van der Waals surface area contributed by atoms with Crippen LogP contribution in [0.5, 0.6) is 0 Å². The summed E-state index contributed by atoms with van der Waals surface area (Å²) in [6.07, 6.45) is 0.193. The Morgan fingerprint density at radius 2 is 2.06 bits per heavy atom. The largest absolute Gasteiger partial charge is 0.376 e. The van der Waals surface area contributed by atoms with Gasteiger partial charge in [-0.15, -0.1) is 0 Å². The van der Waals surface area contributed by atoms with Crippen LogP contribution in [-0.2, 0) is 14.3 Å². The Morgan fingerprint density at radius 1 is 1.29 bits per heavy atom. The maximum absolute atomic E-state index is 11.7. The van der Waals surface area contributed by atoms with Crippen molar-refractivity contribution < 1.29 is 19.1 Å². The van der Waals surface area contributed by atoms with E-state index in [0.29, 0.717) is 24.5 Å². The van der Waals surface area contributed by atoms with Crippen LogP contribution in [0, 0.1) is 0 Å². The van der Waals surface area contributed by atoms with Crippen molar-refractivity contribution in [2.45, 2.75) is 6.10 Å². The van der Waals surface area contributed by atoms with Gasteiger partial charge in [0.25, 0.3) is 5.91 Å². The lowest BCUT2D eigenvalue weighted by Crippen LogP contribution is -2.39. The predicted octanol–water partition coefficient (Wildman–Crippen LogP) is 0.853. The van der Waals surface area contributed by atoms with Gasteiger partial charge in [-0.1, -0.05) is 0 Å². The van der Waals surface area contributed by atoms with Gasteiger partial charge in [0.15, 0.2) is 6.10 Å². The number of rotatable bonds is 3. The number of carbonyl (C=O) groups is 2. The van der Waals surface area contributed by atoms with Crippen molar-refractivity contribution in [2.75, 3.05) is 25.1 Å². The van der Waals surface area contributed by atoms with Crippen LogP contribution in [0.3, 0.4) is 0 Å². The van der Waals surface area contributed by atoms with Crippen molar-refractivity contribution >= 4 is 17.9 Å². The molecule has 1 saturated heterocycles.